The second-order valence-corrected chi connectivity index (χ2v) is 5.29. The Bertz CT molecular complexity index is 540. The highest BCUT2D eigenvalue weighted by molar-refractivity contribution is 5.94. The van der Waals surface area contributed by atoms with Crippen molar-refractivity contribution in [2.45, 2.75) is 19.8 Å². The predicted octanol–water partition coefficient (Wildman–Crippen LogP) is 1.95. The van der Waals surface area contributed by atoms with Crippen LogP contribution in [-0.2, 0) is 4.79 Å². The fraction of sp³-hybridized carbons (Fsp3) is 0.467. The van der Waals surface area contributed by atoms with E-state index in [1.165, 1.54) is 6.07 Å². The SMILES string of the molecule is CC(=O)N1CCC(CNC(=O)c2ccc(F)c(F)c2)CC1. The average Bonchev–Trinajstić information content (AvgIpc) is 2.48. The van der Waals surface area contributed by atoms with Crippen LogP contribution in [0.5, 0.6) is 0 Å². The maximum atomic E-state index is 13.1. The van der Waals surface area contributed by atoms with E-state index in [2.05, 4.69) is 5.32 Å². The van der Waals surface area contributed by atoms with Crippen molar-refractivity contribution < 1.29 is 18.4 Å². The van der Waals surface area contributed by atoms with Crippen LogP contribution >= 0.6 is 0 Å². The highest BCUT2D eigenvalue weighted by Gasteiger charge is 2.21. The molecule has 21 heavy (non-hydrogen) atoms. The number of nitrogens with one attached hydrogen (secondary N) is 1. The van der Waals surface area contributed by atoms with Crippen LogP contribution in [0.25, 0.3) is 0 Å². The molecule has 2 rings (SSSR count). The number of piperidine rings is 1. The molecule has 1 fully saturated rings. The second-order valence-electron chi connectivity index (χ2n) is 5.29. The maximum Gasteiger partial charge on any atom is 0.251 e. The zero-order chi connectivity index (χ0) is 15.4. The molecule has 0 bridgehead atoms. The van der Waals surface area contributed by atoms with Crippen molar-refractivity contribution in [3.8, 4) is 0 Å². The molecule has 0 aliphatic carbocycles. The van der Waals surface area contributed by atoms with Gasteiger partial charge in [-0.05, 0) is 37.0 Å². The van der Waals surface area contributed by atoms with Crippen molar-refractivity contribution in [2.24, 2.45) is 5.92 Å². The number of hydrogen-bond acceptors (Lipinski definition) is 2. The van der Waals surface area contributed by atoms with Gasteiger partial charge in [-0.3, -0.25) is 9.59 Å². The number of benzene rings is 1. The van der Waals surface area contributed by atoms with E-state index in [1.807, 2.05) is 0 Å². The fourth-order valence-electron chi connectivity index (χ4n) is 2.43. The summed E-state index contributed by atoms with van der Waals surface area (Å²) in [7, 11) is 0. The summed E-state index contributed by atoms with van der Waals surface area (Å²) in [4.78, 5) is 24.9. The van der Waals surface area contributed by atoms with Gasteiger partial charge in [-0.1, -0.05) is 0 Å². The van der Waals surface area contributed by atoms with Crippen LogP contribution in [0.1, 0.15) is 30.1 Å². The Kier molecular flexibility index (Phi) is 4.88. The molecule has 1 N–H and O–H groups in total. The lowest BCUT2D eigenvalue weighted by Crippen LogP contribution is -2.40. The summed E-state index contributed by atoms with van der Waals surface area (Å²) < 4.78 is 25.9. The fourth-order valence-corrected chi connectivity index (χ4v) is 2.43. The van der Waals surface area contributed by atoms with Gasteiger partial charge in [0.15, 0.2) is 11.6 Å². The Morgan fingerprint density at radius 1 is 1.24 bits per heavy atom. The van der Waals surface area contributed by atoms with E-state index in [9.17, 15) is 18.4 Å². The largest absolute Gasteiger partial charge is 0.352 e. The molecule has 6 heteroatoms. The quantitative estimate of drug-likeness (QED) is 0.927. The highest BCUT2D eigenvalue weighted by atomic mass is 19.2. The van der Waals surface area contributed by atoms with Crippen molar-refractivity contribution in [1.82, 2.24) is 10.2 Å². The number of carbonyl (C=O) groups is 2. The van der Waals surface area contributed by atoms with Crippen LogP contribution in [0.4, 0.5) is 8.78 Å². The molecule has 0 aromatic heterocycles. The number of carbonyl (C=O) groups excluding carboxylic acids is 2. The molecule has 0 saturated carbocycles. The van der Waals surface area contributed by atoms with Gasteiger partial charge in [0.2, 0.25) is 5.91 Å². The first kappa shape index (κ1) is 15.4. The van der Waals surface area contributed by atoms with Gasteiger partial charge in [0, 0.05) is 32.1 Å². The van der Waals surface area contributed by atoms with E-state index in [0.29, 0.717) is 25.6 Å². The lowest BCUT2D eigenvalue weighted by molar-refractivity contribution is -0.130. The normalized spacial score (nSPS) is 15.9. The van der Waals surface area contributed by atoms with E-state index < -0.39 is 17.5 Å². The molecular formula is C15H18F2N2O2. The van der Waals surface area contributed by atoms with E-state index >= 15 is 0 Å². The minimum Gasteiger partial charge on any atom is -0.352 e. The Morgan fingerprint density at radius 3 is 2.48 bits per heavy atom. The first-order valence-electron chi connectivity index (χ1n) is 6.96. The highest BCUT2D eigenvalue weighted by Crippen LogP contribution is 2.16. The van der Waals surface area contributed by atoms with Crippen molar-refractivity contribution in [3.63, 3.8) is 0 Å². The van der Waals surface area contributed by atoms with Gasteiger partial charge in [-0.25, -0.2) is 8.78 Å². The van der Waals surface area contributed by atoms with E-state index in [1.54, 1.807) is 11.8 Å². The Hall–Kier alpha value is -1.98. The van der Waals surface area contributed by atoms with Gasteiger partial charge in [0.1, 0.15) is 0 Å². The lowest BCUT2D eigenvalue weighted by atomic mass is 9.96. The summed E-state index contributed by atoms with van der Waals surface area (Å²) in [5.41, 5.74) is 0.107. The van der Waals surface area contributed by atoms with Crippen molar-refractivity contribution in [2.75, 3.05) is 19.6 Å². The van der Waals surface area contributed by atoms with Gasteiger partial charge in [-0.2, -0.15) is 0 Å². The summed E-state index contributed by atoms with van der Waals surface area (Å²) in [6, 6.07) is 3.09. The molecular weight excluding hydrogens is 278 g/mol. The van der Waals surface area contributed by atoms with Crippen LogP contribution in [-0.4, -0.2) is 36.3 Å². The molecule has 0 unspecified atom stereocenters. The van der Waals surface area contributed by atoms with Gasteiger partial charge >= 0.3 is 0 Å². The average molecular weight is 296 g/mol. The third kappa shape index (κ3) is 4.00. The van der Waals surface area contributed by atoms with E-state index in [0.717, 1.165) is 25.0 Å². The van der Waals surface area contributed by atoms with Gasteiger partial charge in [0.25, 0.3) is 5.91 Å². The Labute approximate surface area is 122 Å². The molecule has 1 aromatic carbocycles. The molecule has 0 atom stereocenters. The van der Waals surface area contributed by atoms with Crippen molar-refractivity contribution in [1.29, 1.82) is 0 Å². The predicted molar refractivity (Wildman–Crippen MR) is 73.7 cm³/mol. The monoisotopic (exact) mass is 296 g/mol. The lowest BCUT2D eigenvalue weighted by Gasteiger charge is -2.31. The van der Waals surface area contributed by atoms with Crippen molar-refractivity contribution in [3.05, 3.63) is 35.4 Å². The molecule has 0 spiro atoms. The van der Waals surface area contributed by atoms with Crippen molar-refractivity contribution >= 4 is 11.8 Å². The first-order chi connectivity index (χ1) is 9.97. The summed E-state index contributed by atoms with van der Waals surface area (Å²) in [5.74, 6) is -2.04. The van der Waals surface area contributed by atoms with Gasteiger partial charge < -0.3 is 10.2 Å². The number of likely N-dealkylation sites (tertiary alicyclic amines) is 1. The second kappa shape index (κ2) is 6.65. The van der Waals surface area contributed by atoms with Crippen LogP contribution in [0.15, 0.2) is 18.2 Å². The van der Waals surface area contributed by atoms with Crippen LogP contribution < -0.4 is 5.32 Å². The number of rotatable bonds is 3. The van der Waals surface area contributed by atoms with Crippen LogP contribution in [0.2, 0.25) is 0 Å². The maximum absolute atomic E-state index is 13.1. The first-order valence-corrected chi connectivity index (χ1v) is 6.96. The Morgan fingerprint density at radius 2 is 1.90 bits per heavy atom. The van der Waals surface area contributed by atoms with Crippen LogP contribution in [0, 0.1) is 17.6 Å². The summed E-state index contributed by atoms with van der Waals surface area (Å²) >= 11 is 0. The molecule has 114 valence electrons. The number of amides is 2. The molecule has 4 nitrogen and oxygen atoms in total. The number of halogens is 2. The smallest absolute Gasteiger partial charge is 0.251 e. The molecule has 1 saturated heterocycles. The minimum absolute atomic E-state index is 0.0688. The molecule has 2 amide bonds. The van der Waals surface area contributed by atoms with Gasteiger partial charge in [-0.15, -0.1) is 0 Å². The zero-order valence-electron chi connectivity index (χ0n) is 11.9. The molecule has 1 aliphatic heterocycles. The molecule has 1 heterocycles. The minimum atomic E-state index is -1.03. The van der Waals surface area contributed by atoms with E-state index in [4.69, 9.17) is 0 Å². The van der Waals surface area contributed by atoms with E-state index in [-0.39, 0.29) is 11.5 Å². The summed E-state index contributed by atoms with van der Waals surface area (Å²) in [6.07, 6.45) is 1.66. The Balaban J connectivity index is 1.82. The third-order valence-electron chi connectivity index (χ3n) is 3.79. The summed E-state index contributed by atoms with van der Waals surface area (Å²) in [5, 5.41) is 2.73. The number of hydrogen-bond donors (Lipinski definition) is 1. The molecule has 0 radical (unpaired) electrons. The molecule has 1 aromatic rings. The van der Waals surface area contributed by atoms with Crippen LogP contribution in [0.3, 0.4) is 0 Å². The molecule has 1 aliphatic rings. The standard InChI is InChI=1S/C15H18F2N2O2/c1-10(20)19-6-4-11(5-7-19)9-18-15(21)12-2-3-13(16)14(17)8-12/h2-3,8,11H,4-7,9H2,1H3,(H,18,21). The van der Waals surface area contributed by atoms with Gasteiger partial charge in [0.05, 0.1) is 0 Å². The third-order valence-corrected chi connectivity index (χ3v) is 3.79. The topological polar surface area (TPSA) is 49.4 Å². The summed E-state index contributed by atoms with van der Waals surface area (Å²) in [6.45, 7) is 3.41. The number of nitrogens with zero attached hydrogens (tertiary/aromatic N) is 1. The zero-order valence-corrected chi connectivity index (χ0v) is 11.9.